The van der Waals surface area contributed by atoms with Crippen molar-refractivity contribution in [1.29, 1.82) is 0 Å². The number of carbonyl (C=O) groups is 1. The molecule has 1 heterocycles. The number of benzene rings is 1. The summed E-state index contributed by atoms with van der Waals surface area (Å²) in [5.41, 5.74) is 1.75. The fraction of sp³-hybridized carbons (Fsp3) is 0.0769. The Morgan fingerprint density at radius 2 is 2.11 bits per heavy atom. The molecule has 0 unspecified atom stereocenters. The molecule has 0 aliphatic rings. The number of hydrogen-bond donors (Lipinski definition) is 2. The SMILES string of the molecule is Cc1ccc(Nc2ccc(Cl)c(C(=O)O)n2)cc1Br. The van der Waals surface area contributed by atoms with Gasteiger partial charge in [0.2, 0.25) is 0 Å². The van der Waals surface area contributed by atoms with Gasteiger partial charge in [-0.1, -0.05) is 33.6 Å². The third-order valence-corrected chi connectivity index (χ3v) is 3.65. The molecule has 98 valence electrons. The monoisotopic (exact) mass is 340 g/mol. The summed E-state index contributed by atoms with van der Waals surface area (Å²) in [5, 5.41) is 12.1. The van der Waals surface area contributed by atoms with Crippen molar-refractivity contribution in [2.75, 3.05) is 5.32 Å². The molecule has 0 radical (unpaired) electrons. The van der Waals surface area contributed by atoms with E-state index in [0.29, 0.717) is 5.82 Å². The zero-order valence-electron chi connectivity index (χ0n) is 9.95. The van der Waals surface area contributed by atoms with Crippen molar-refractivity contribution in [1.82, 2.24) is 4.98 Å². The Hall–Kier alpha value is -1.59. The van der Waals surface area contributed by atoms with Gasteiger partial charge >= 0.3 is 5.97 Å². The van der Waals surface area contributed by atoms with Crippen LogP contribution in [-0.4, -0.2) is 16.1 Å². The molecule has 0 spiro atoms. The lowest BCUT2D eigenvalue weighted by Gasteiger charge is -2.08. The second-order valence-corrected chi connectivity index (χ2v) is 5.18. The fourth-order valence-corrected chi connectivity index (χ4v) is 2.05. The van der Waals surface area contributed by atoms with Gasteiger partial charge in [0, 0.05) is 10.2 Å². The molecule has 0 atom stereocenters. The van der Waals surface area contributed by atoms with E-state index in [1.165, 1.54) is 6.07 Å². The molecule has 0 fully saturated rings. The van der Waals surface area contributed by atoms with E-state index in [2.05, 4.69) is 26.2 Å². The highest BCUT2D eigenvalue weighted by atomic mass is 79.9. The van der Waals surface area contributed by atoms with Gasteiger partial charge in [0.05, 0.1) is 5.02 Å². The average Bonchev–Trinajstić information content (AvgIpc) is 2.36. The van der Waals surface area contributed by atoms with Crippen molar-refractivity contribution in [2.24, 2.45) is 0 Å². The van der Waals surface area contributed by atoms with Crippen LogP contribution >= 0.6 is 27.5 Å². The summed E-state index contributed by atoms with van der Waals surface area (Å²) in [4.78, 5) is 14.9. The molecule has 4 nitrogen and oxygen atoms in total. The van der Waals surface area contributed by atoms with Crippen molar-refractivity contribution in [3.05, 3.63) is 51.1 Å². The number of rotatable bonds is 3. The van der Waals surface area contributed by atoms with Crippen LogP contribution in [0.2, 0.25) is 5.02 Å². The Kier molecular flexibility index (Phi) is 4.07. The topological polar surface area (TPSA) is 62.2 Å². The summed E-state index contributed by atoms with van der Waals surface area (Å²) >= 11 is 9.19. The quantitative estimate of drug-likeness (QED) is 0.876. The van der Waals surface area contributed by atoms with Crippen LogP contribution in [0.25, 0.3) is 0 Å². The van der Waals surface area contributed by atoms with Gasteiger partial charge in [0.25, 0.3) is 0 Å². The molecule has 0 aliphatic carbocycles. The van der Waals surface area contributed by atoms with E-state index in [0.717, 1.165) is 15.7 Å². The van der Waals surface area contributed by atoms with Crippen molar-refractivity contribution in [3.63, 3.8) is 0 Å². The van der Waals surface area contributed by atoms with Gasteiger partial charge in [0.15, 0.2) is 5.69 Å². The lowest BCUT2D eigenvalue weighted by molar-refractivity contribution is 0.0691. The molecule has 1 aromatic carbocycles. The first kappa shape index (κ1) is 13.8. The molecule has 2 aromatic rings. The maximum absolute atomic E-state index is 10.9. The number of halogens is 2. The van der Waals surface area contributed by atoms with Crippen molar-refractivity contribution < 1.29 is 9.90 Å². The van der Waals surface area contributed by atoms with E-state index in [1.807, 2.05) is 25.1 Å². The van der Waals surface area contributed by atoms with E-state index >= 15 is 0 Å². The molecule has 1 aromatic heterocycles. The van der Waals surface area contributed by atoms with Crippen molar-refractivity contribution in [2.45, 2.75) is 6.92 Å². The number of anilines is 2. The standard InChI is InChI=1S/C13H10BrClN2O2/c1-7-2-3-8(6-9(7)14)16-11-5-4-10(15)12(17-11)13(18)19/h2-6H,1H3,(H,16,17)(H,18,19). The minimum Gasteiger partial charge on any atom is -0.476 e. The van der Waals surface area contributed by atoms with Crippen LogP contribution in [0.4, 0.5) is 11.5 Å². The second kappa shape index (κ2) is 5.59. The number of pyridine rings is 1. The first-order chi connectivity index (χ1) is 8.97. The first-order valence-corrected chi connectivity index (χ1v) is 6.57. The Morgan fingerprint density at radius 1 is 1.37 bits per heavy atom. The van der Waals surface area contributed by atoms with Gasteiger partial charge in [-0.15, -0.1) is 0 Å². The molecule has 6 heteroatoms. The number of nitrogens with one attached hydrogen (secondary N) is 1. The molecule has 0 aliphatic heterocycles. The zero-order valence-corrected chi connectivity index (χ0v) is 12.3. The largest absolute Gasteiger partial charge is 0.476 e. The van der Waals surface area contributed by atoms with Crippen LogP contribution in [0.3, 0.4) is 0 Å². The summed E-state index contributed by atoms with van der Waals surface area (Å²) in [6.07, 6.45) is 0. The van der Waals surface area contributed by atoms with Gasteiger partial charge in [-0.25, -0.2) is 9.78 Å². The van der Waals surface area contributed by atoms with E-state index in [-0.39, 0.29) is 10.7 Å². The van der Waals surface area contributed by atoms with Crippen LogP contribution in [0.5, 0.6) is 0 Å². The third-order valence-electron chi connectivity index (χ3n) is 2.49. The maximum Gasteiger partial charge on any atom is 0.356 e. The molecule has 0 bridgehead atoms. The predicted octanol–water partition coefficient (Wildman–Crippen LogP) is 4.25. The van der Waals surface area contributed by atoms with E-state index in [4.69, 9.17) is 16.7 Å². The molecule has 19 heavy (non-hydrogen) atoms. The molecule has 0 saturated heterocycles. The van der Waals surface area contributed by atoms with Crippen LogP contribution in [-0.2, 0) is 0 Å². The molecule has 2 rings (SSSR count). The highest BCUT2D eigenvalue weighted by molar-refractivity contribution is 9.10. The summed E-state index contributed by atoms with van der Waals surface area (Å²) in [5.74, 6) is -0.726. The van der Waals surface area contributed by atoms with E-state index in [1.54, 1.807) is 6.07 Å². The Morgan fingerprint density at radius 3 is 2.74 bits per heavy atom. The molecular weight excluding hydrogens is 332 g/mol. The molecule has 0 amide bonds. The highest BCUT2D eigenvalue weighted by Gasteiger charge is 2.11. The van der Waals surface area contributed by atoms with Crippen molar-refractivity contribution in [3.8, 4) is 0 Å². The summed E-state index contributed by atoms with van der Waals surface area (Å²) in [7, 11) is 0. The van der Waals surface area contributed by atoms with Crippen molar-refractivity contribution >= 4 is 45.0 Å². The first-order valence-electron chi connectivity index (χ1n) is 5.40. The summed E-state index contributed by atoms with van der Waals surface area (Å²) < 4.78 is 0.963. The number of aromatic nitrogens is 1. The number of aromatic carboxylic acids is 1. The molecule has 2 N–H and O–H groups in total. The average molecular weight is 342 g/mol. The minimum absolute atomic E-state index is 0.114. The van der Waals surface area contributed by atoms with Gasteiger partial charge in [-0.05, 0) is 36.8 Å². The Labute approximate surface area is 123 Å². The predicted molar refractivity (Wildman–Crippen MR) is 78.4 cm³/mol. The third kappa shape index (κ3) is 3.24. The van der Waals surface area contributed by atoms with Gasteiger partial charge in [-0.3, -0.25) is 0 Å². The minimum atomic E-state index is -1.15. The van der Waals surface area contributed by atoms with Crippen LogP contribution in [0.1, 0.15) is 16.1 Å². The number of carboxylic acids is 1. The number of carboxylic acid groups (broad SMARTS) is 1. The highest BCUT2D eigenvalue weighted by Crippen LogP contribution is 2.24. The van der Waals surface area contributed by atoms with Gasteiger partial charge < -0.3 is 10.4 Å². The van der Waals surface area contributed by atoms with E-state index in [9.17, 15) is 4.79 Å². The van der Waals surface area contributed by atoms with Crippen LogP contribution in [0.15, 0.2) is 34.8 Å². The lowest BCUT2D eigenvalue weighted by Crippen LogP contribution is -2.04. The van der Waals surface area contributed by atoms with Crippen LogP contribution < -0.4 is 5.32 Å². The summed E-state index contributed by atoms with van der Waals surface area (Å²) in [6, 6.07) is 8.86. The Bertz CT molecular complexity index is 647. The Balaban J connectivity index is 2.30. The van der Waals surface area contributed by atoms with Gasteiger partial charge in [0.1, 0.15) is 5.82 Å². The smallest absolute Gasteiger partial charge is 0.356 e. The fourth-order valence-electron chi connectivity index (χ4n) is 1.48. The molecular formula is C13H10BrClN2O2. The number of nitrogens with zero attached hydrogens (tertiary/aromatic N) is 1. The van der Waals surface area contributed by atoms with Gasteiger partial charge in [-0.2, -0.15) is 0 Å². The zero-order chi connectivity index (χ0) is 14.0. The normalized spacial score (nSPS) is 10.3. The maximum atomic E-state index is 10.9. The second-order valence-electron chi connectivity index (χ2n) is 3.92. The lowest BCUT2D eigenvalue weighted by atomic mass is 10.2. The number of aryl methyl sites for hydroxylation is 1. The van der Waals surface area contributed by atoms with E-state index < -0.39 is 5.97 Å². The number of hydrogen-bond acceptors (Lipinski definition) is 3. The van der Waals surface area contributed by atoms with Crippen LogP contribution in [0, 0.1) is 6.92 Å². The summed E-state index contributed by atoms with van der Waals surface area (Å²) in [6.45, 7) is 1.98. The molecule has 0 saturated carbocycles.